The molecule has 24 heavy (non-hydrogen) atoms. The van der Waals surface area contributed by atoms with Gasteiger partial charge in [0, 0.05) is 12.5 Å². The van der Waals surface area contributed by atoms with Crippen LogP contribution in [0.4, 0.5) is 19.2 Å². The molecule has 0 rings (SSSR count). The number of nitrogens with one attached hydrogen (secondary N) is 1. The van der Waals surface area contributed by atoms with Crippen molar-refractivity contribution in [2.24, 2.45) is 5.92 Å². The third kappa shape index (κ3) is 6.37. The topological polar surface area (TPSA) is 185 Å². The lowest BCUT2D eigenvalue weighted by molar-refractivity contribution is -0.124. The van der Waals surface area contributed by atoms with Gasteiger partial charge < -0.3 is 25.7 Å². The molecule has 0 radical (unpaired) electrons. The summed E-state index contributed by atoms with van der Waals surface area (Å²) in [6, 6.07) is -1.51. The zero-order valence-electron chi connectivity index (χ0n) is 13.0. The van der Waals surface area contributed by atoms with Gasteiger partial charge in [-0.1, -0.05) is 13.8 Å². The molecule has 0 spiro atoms. The maximum absolute atomic E-state index is 11.4. The Morgan fingerprint density at radius 2 is 1.33 bits per heavy atom. The predicted molar refractivity (Wildman–Crippen MR) is 76.9 cm³/mol. The lowest BCUT2D eigenvalue weighted by Crippen LogP contribution is -2.52. The van der Waals surface area contributed by atoms with Crippen LogP contribution in [0.5, 0.6) is 0 Å². The van der Waals surface area contributed by atoms with Gasteiger partial charge in [0.15, 0.2) is 0 Å². The lowest BCUT2D eigenvalue weighted by atomic mass is 10.1. The van der Waals surface area contributed by atoms with E-state index in [2.05, 4.69) is 5.32 Å². The third-order valence-corrected chi connectivity index (χ3v) is 2.93. The van der Waals surface area contributed by atoms with E-state index < -0.39 is 37.0 Å². The number of carboxylic acid groups (broad SMARTS) is 4. The predicted octanol–water partition coefficient (Wildman–Crippen LogP) is 0.833. The second-order valence-electron chi connectivity index (χ2n) is 5.00. The van der Waals surface area contributed by atoms with Gasteiger partial charge in [-0.25, -0.2) is 29.0 Å². The molecule has 0 saturated carbocycles. The Morgan fingerprint density at radius 1 is 0.875 bits per heavy atom. The molecular formula is C12H19N3O9. The smallest absolute Gasteiger partial charge is 0.417 e. The Hall–Kier alpha value is -3.05. The standard InChI is InChI=1S/C12H19N3O9/c1-6(2)8(16)13-4-3-7(15(11(21)22)12(23)24)5-14(9(17)18)10(19)20/h6-7H,3-5H2,1-2H3,(H,13,16)(H,17,18)(H,19,20)(H,21,22)(H,23,24). The number of nitrogens with zero attached hydrogens (tertiary/aromatic N) is 2. The molecule has 0 aromatic carbocycles. The number of amides is 5. The lowest BCUT2D eigenvalue weighted by Gasteiger charge is -2.28. The van der Waals surface area contributed by atoms with Crippen LogP contribution in [0, 0.1) is 5.92 Å². The summed E-state index contributed by atoms with van der Waals surface area (Å²) in [4.78, 5) is 55.1. The van der Waals surface area contributed by atoms with Crippen LogP contribution in [0.15, 0.2) is 0 Å². The highest BCUT2D eigenvalue weighted by Crippen LogP contribution is 2.09. The average molecular weight is 349 g/mol. The molecule has 0 aliphatic heterocycles. The number of hydrogen-bond acceptors (Lipinski definition) is 5. The second kappa shape index (κ2) is 9.17. The first-order chi connectivity index (χ1) is 11.0. The maximum atomic E-state index is 11.4. The Morgan fingerprint density at radius 3 is 1.67 bits per heavy atom. The SMILES string of the molecule is CC(C)C(=O)NCCC(CN(C(=O)O)C(=O)O)N(C(=O)O)C(=O)O. The van der Waals surface area contributed by atoms with Gasteiger partial charge in [0.05, 0.1) is 12.6 Å². The summed E-state index contributed by atoms with van der Waals surface area (Å²) in [5, 5.41) is 37.9. The van der Waals surface area contributed by atoms with Gasteiger partial charge in [-0.05, 0) is 6.42 Å². The van der Waals surface area contributed by atoms with Crippen molar-refractivity contribution >= 4 is 30.3 Å². The normalized spacial score (nSPS) is 11.5. The van der Waals surface area contributed by atoms with E-state index >= 15 is 0 Å². The zero-order valence-corrected chi connectivity index (χ0v) is 13.0. The van der Waals surface area contributed by atoms with Crippen molar-refractivity contribution in [2.75, 3.05) is 13.1 Å². The molecule has 0 fully saturated rings. The molecule has 1 atom stereocenters. The van der Waals surface area contributed by atoms with Crippen LogP contribution in [0.2, 0.25) is 0 Å². The second-order valence-corrected chi connectivity index (χ2v) is 5.00. The van der Waals surface area contributed by atoms with E-state index in [9.17, 15) is 24.0 Å². The van der Waals surface area contributed by atoms with E-state index in [0.717, 1.165) is 0 Å². The monoisotopic (exact) mass is 349 g/mol. The highest BCUT2D eigenvalue weighted by Gasteiger charge is 2.34. The summed E-state index contributed by atoms with van der Waals surface area (Å²) in [7, 11) is 0. The van der Waals surface area contributed by atoms with Crippen LogP contribution in [0.1, 0.15) is 20.3 Å². The Kier molecular flexibility index (Phi) is 8.01. The first-order valence-corrected chi connectivity index (χ1v) is 6.75. The number of hydrogen-bond donors (Lipinski definition) is 5. The van der Waals surface area contributed by atoms with E-state index in [1.165, 1.54) is 0 Å². The molecule has 0 aromatic rings. The Balaban J connectivity index is 5.24. The average Bonchev–Trinajstić information content (AvgIpc) is 2.41. The molecule has 5 N–H and O–H groups in total. The molecule has 0 aliphatic carbocycles. The highest BCUT2D eigenvalue weighted by atomic mass is 16.4. The molecule has 0 aliphatic rings. The van der Waals surface area contributed by atoms with Gasteiger partial charge in [0.25, 0.3) is 0 Å². The summed E-state index contributed by atoms with van der Waals surface area (Å²) in [5.41, 5.74) is 0. The maximum Gasteiger partial charge on any atom is 0.417 e. The number of imide groups is 2. The molecule has 12 heteroatoms. The minimum Gasteiger partial charge on any atom is -0.465 e. The van der Waals surface area contributed by atoms with Crippen molar-refractivity contribution in [3.05, 3.63) is 0 Å². The first-order valence-electron chi connectivity index (χ1n) is 6.75. The molecule has 136 valence electrons. The van der Waals surface area contributed by atoms with Gasteiger partial charge in [-0.15, -0.1) is 0 Å². The van der Waals surface area contributed by atoms with Crippen LogP contribution in [-0.4, -0.2) is 79.6 Å². The summed E-state index contributed by atoms with van der Waals surface area (Å²) < 4.78 is 0. The van der Waals surface area contributed by atoms with Gasteiger partial charge in [0.2, 0.25) is 5.91 Å². The van der Waals surface area contributed by atoms with Crippen LogP contribution in [0.25, 0.3) is 0 Å². The van der Waals surface area contributed by atoms with Crippen molar-refractivity contribution in [3.8, 4) is 0 Å². The van der Waals surface area contributed by atoms with Crippen molar-refractivity contribution in [3.63, 3.8) is 0 Å². The van der Waals surface area contributed by atoms with Crippen molar-refractivity contribution in [1.82, 2.24) is 15.1 Å². The van der Waals surface area contributed by atoms with Gasteiger partial charge in [-0.3, -0.25) is 4.79 Å². The molecule has 1 unspecified atom stereocenters. The Labute approximate surface area is 136 Å². The molecule has 0 heterocycles. The van der Waals surface area contributed by atoms with E-state index in [1.807, 2.05) is 0 Å². The first kappa shape index (κ1) is 20.9. The van der Waals surface area contributed by atoms with Crippen molar-refractivity contribution in [2.45, 2.75) is 26.3 Å². The molecule has 0 aromatic heterocycles. The molecule has 0 bridgehead atoms. The minimum atomic E-state index is -1.89. The third-order valence-electron chi connectivity index (χ3n) is 2.93. The Bertz CT molecular complexity index is 492. The van der Waals surface area contributed by atoms with Gasteiger partial charge in [-0.2, -0.15) is 0 Å². The van der Waals surface area contributed by atoms with E-state index in [4.69, 9.17) is 20.4 Å². The summed E-state index contributed by atoms with van der Waals surface area (Å²) in [6.45, 7) is 2.13. The van der Waals surface area contributed by atoms with E-state index in [0.29, 0.717) is 0 Å². The van der Waals surface area contributed by atoms with Crippen molar-refractivity contribution in [1.29, 1.82) is 0 Å². The zero-order chi connectivity index (χ0) is 19.0. The molecule has 5 amide bonds. The number of carbonyl (C=O) groups is 5. The van der Waals surface area contributed by atoms with Crippen LogP contribution in [-0.2, 0) is 4.79 Å². The number of rotatable bonds is 7. The molecular weight excluding hydrogens is 330 g/mol. The summed E-state index contributed by atoms with van der Waals surface area (Å²) in [6.07, 6.45) is -7.84. The summed E-state index contributed by atoms with van der Waals surface area (Å²) >= 11 is 0. The van der Waals surface area contributed by atoms with Crippen LogP contribution < -0.4 is 5.32 Å². The van der Waals surface area contributed by atoms with E-state index in [-0.39, 0.29) is 34.6 Å². The quantitative estimate of drug-likeness (QED) is 0.444. The molecule has 0 saturated heterocycles. The fourth-order valence-electron chi connectivity index (χ4n) is 1.71. The fourth-order valence-corrected chi connectivity index (χ4v) is 1.71. The van der Waals surface area contributed by atoms with Crippen molar-refractivity contribution < 1.29 is 44.4 Å². The largest absolute Gasteiger partial charge is 0.465 e. The van der Waals surface area contributed by atoms with E-state index in [1.54, 1.807) is 13.8 Å². The minimum absolute atomic E-state index is 0.0968. The molecule has 12 nitrogen and oxygen atoms in total. The summed E-state index contributed by atoms with van der Waals surface area (Å²) in [5.74, 6) is -0.743. The van der Waals surface area contributed by atoms with Gasteiger partial charge in [0.1, 0.15) is 0 Å². The fraction of sp³-hybridized carbons (Fsp3) is 0.583. The highest BCUT2D eigenvalue weighted by molar-refractivity contribution is 5.87. The number of carbonyl (C=O) groups excluding carboxylic acids is 1. The van der Waals surface area contributed by atoms with Crippen LogP contribution in [0.3, 0.4) is 0 Å². The van der Waals surface area contributed by atoms with Crippen LogP contribution >= 0.6 is 0 Å². The van der Waals surface area contributed by atoms with Gasteiger partial charge >= 0.3 is 24.4 Å².